The average molecular weight is 236 g/mol. The molecule has 4 heteroatoms. The van der Waals surface area contributed by atoms with Gasteiger partial charge in [0.2, 0.25) is 5.91 Å². The molecule has 0 saturated carbocycles. The Kier molecular flexibility index (Phi) is 4.09. The normalized spacial score (nSPS) is 19.9. The van der Waals surface area contributed by atoms with Gasteiger partial charge in [-0.3, -0.25) is 4.79 Å². The van der Waals surface area contributed by atoms with Crippen molar-refractivity contribution < 1.29 is 9.18 Å². The van der Waals surface area contributed by atoms with Crippen LogP contribution in [0.4, 0.5) is 4.39 Å². The van der Waals surface area contributed by atoms with E-state index in [-0.39, 0.29) is 24.3 Å². The molecule has 92 valence electrons. The molecule has 0 aliphatic carbocycles. The molecule has 1 aromatic carbocycles. The first-order valence-electron chi connectivity index (χ1n) is 6.02. The Labute approximate surface area is 100 Å². The lowest BCUT2D eigenvalue weighted by Crippen LogP contribution is -2.46. The van der Waals surface area contributed by atoms with E-state index >= 15 is 0 Å². The highest BCUT2D eigenvalue weighted by Gasteiger charge is 2.20. The summed E-state index contributed by atoms with van der Waals surface area (Å²) in [5.74, 6) is -0.308. The van der Waals surface area contributed by atoms with Crippen LogP contribution >= 0.6 is 0 Å². The smallest absolute Gasteiger partial charge is 0.237 e. The highest BCUT2D eigenvalue weighted by molar-refractivity contribution is 5.81. The maximum atomic E-state index is 13.3. The van der Waals surface area contributed by atoms with Crippen molar-refractivity contribution in [1.82, 2.24) is 10.6 Å². The molecule has 1 aliphatic rings. The molecule has 2 N–H and O–H groups in total. The zero-order valence-electron chi connectivity index (χ0n) is 9.71. The third-order valence-corrected chi connectivity index (χ3v) is 3.04. The van der Waals surface area contributed by atoms with Crippen LogP contribution < -0.4 is 10.6 Å². The number of piperidine rings is 1. The Bertz CT molecular complexity index is 389. The number of benzene rings is 1. The van der Waals surface area contributed by atoms with Crippen LogP contribution in [0.3, 0.4) is 0 Å². The molecular weight excluding hydrogens is 219 g/mol. The molecule has 1 heterocycles. The summed E-state index contributed by atoms with van der Waals surface area (Å²) < 4.78 is 13.3. The number of amides is 1. The van der Waals surface area contributed by atoms with E-state index in [0.717, 1.165) is 25.8 Å². The number of hydrogen-bond acceptors (Lipinski definition) is 2. The van der Waals surface area contributed by atoms with E-state index in [4.69, 9.17) is 0 Å². The van der Waals surface area contributed by atoms with E-state index in [9.17, 15) is 9.18 Å². The van der Waals surface area contributed by atoms with Crippen LogP contribution in [0.5, 0.6) is 0 Å². The van der Waals surface area contributed by atoms with Gasteiger partial charge in [-0.1, -0.05) is 24.6 Å². The predicted molar refractivity (Wildman–Crippen MR) is 63.9 cm³/mol. The molecular formula is C13H17FN2O. The Morgan fingerprint density at radius 2 is 2.24 bits per heavy atom. The van der Waals surface area contributed by atoms with Gasteiger partial charge in [0.15, 0.2) is 0 Å². The Morgan fingerprint density at radius 3 is 2.94 bits per heavy atom. The van der Waals surface area contributed by atoms with Gasteiger partial charge in [0.1, 0.15) is 5.82 Å². The molecule has 17 heavy (non-hydrogen) atoms. The van der Waals surface area contributed by atoms with E-state index < -0.39 is 0 Å². The van der Waals surface area contributed by atoms with Crippen LogP contribution in [0.25, 0.3) is 0 Å². The summed E-state index contributed by atoms with van der Waals surface area (Å²) in [5.41, 5.74) is 0.525. The van der Waals surface area contributed by atoms with Crippen molar-refractivity contribution in [3.05, 3.63) is 35.6 Å². The van der Waals surface area contributed by atoms with Gasteiger partial charge in [0.05, 0.1) is 6.04 Å². The molecule has 0 aromatic heterocycles. The van der Waals surface area contributed by atoms with Crippen LogP contribution in [0, 0.1) is 5.82 Å². The van der Waals surface area contributed by atoms with E-state index in [1.165, 1.54) is 6.07 Å². The van der Waals surface area contributed by atoms with Gasteiger partial charge in [-0.25, -0.2) is 4.39 Å². The number of nitrogens with one attached hydrogen (secondary N) is 2. The summed E-state index contributed by atoms with van der Waals surface area (Å²) in [6, 6.07) is 6.38. The standard InChI is InChI=1S/C13H17FN2O/c14-11-6-2-1-5-10(11)9-16-13(17)12-7-3-4-8-15-12/h1-2,5-6,12,15H,3-4,7-9H2,(H,16,17). The molecule has 3 nitrogen and oxygen atoms in total. The van der Waals surface area contributed by atoms with E-state index in [0.29, 0.717) is 5.56 Å². The summed E-state index contributed by atoms with van der Waals surface area (Å²) in [6.07, 6.45) is 3.06. The van der Waals surface area contributed by atoms with Gasteiger partial charge in [-0.15, -0.1) is 0 Å². The second kappa shape index (κ2) is 5.77. The topological polar surface area (TPSA) is 41.1 Å². The van der Waals surface area contributed by atoms with Gasteiger partial charge in [0, 0.05) is 12.1 Å². The lowest BCUT2D eigenvalue weighted by molar-refractivity contribution is -0.123. The van der Waals surface area contributed by atoms with Crippen LogP contribution in [-0.4, -0.2) is 18.5 Å². The minimum absolute atomic E-state index is 0.0343. The molecule has 1 unspecified atom stereocenters. The Hall–Kier alpha value is -1.42. The van der Waals surface area contributed by atoms with Gasteiger partial charge in [-0.05, 0) is 25.5 Å². The fourth-order valence-electron chi connectivity index (χ4n) is 2.02. The molecule has 0 bridgehead atoms. The average Bonchev–Trinajstić information content (AvgIpc) is 2.38. The van der Waals surface area contributed by atoms with Crippen LogP contribution in [0.2, 0.25) is 0 Å². The number of halogens is 1. The van der Waals surface area contributed by atoms with Crippen molar-refractivity contribution in [1.29, 1.82) is 0 Å². The summed E-state index contributed by atoms with van der Waals surface area (Å²) in [4.78, 5) is 11.8. The van der Waals surface area contributed by atoms with Gasteiger partial charge < -0.3 is 10.6 Å². The molecule has 1 amide bonds. The van der Waals surface area contributed by atoms with Crippen LogP contribution in [0.15, 0.2) is 24.3 Å². The first kappa shape index (κ1) is 12.0. The van der Waals surface area contributed by atoms with Crippen molar-refractivity contribution in [2.75, 3.05) is 6.54 Å². The molecule has 1 aliphatic heterocycles. The first-order chi connectivity index (χ1) is 8.27. The van der Waals surface area contributed by atoms with Crippen molar-refractivity contribution in [2.24, 2.45) is 0 Å². The molecule has 0 spiro atoms. The minimum Gasteiger partial charge on any atom is -0.351 e. The van der Waals surface area contributed by atoms with Crippen molar-refractivity contribution in [3.63, 3.8) is 0 Å². The largest absolute Gasteiger partial charge is 0.351 e. The Morgan fingerprint density at radius 1 is 1.41 bits per heavy atom. The Balaban J connectivity index is 1.85. The van der Waals surface area contributed by atoms with Crippen molar-refractivity contribution in [2.45, 2.75) is 31.8 Å². The minimum atomic E-state index is -0.274. The highest BCUT2D eigenvalue weighted by atomic mass is 19.1. The predicted octanol–water partition coefficient (Wildman–Crippen LogP) is 1.58. The summed E-state index contributed by atoms with van der Waals surface area (Å²) in [6.45, 7) is 1.14. The highest BCUT2D eigenvalue weighted by Crippen LogP contribution is 2.08. The maximum absolute atomic E-state index is 13.3. The van der Waals surface area contributed by atoms with Gasteiger partial charge in [-0.2, -0.15) is 0 Å². The lowest BCUT2D eigenvalue weighted by atomic mass is 10.0. The molecule has 1 aromatic rings. The number of carbonyl (C=O) groups is 1. The van der Waals surface area contributed by atoms with Crippen molar-refractivity contribution >= 4 is 5.91 Å². The third kappa shape index (κ3) is 3.27. The first-order valence-corrected chi connectivity index (χ1v) is 6.02. The molecule has 2 rings (SSSR count). The molecule has 0 radical (unpaired) electrons. The summed E-state index contributed by atoms with van der Waals surface area (Å²) in [7, 11) is 0. The second-order valence-corrected chi connectivity index (χ2v) is 4.31. The third-order valence-electron chi connectivity index (χ3n) is 3.04. The van der Waals surface area contributed by atoms with Crippen molar-refractivity contribution in [3.8, 4) is 0 Å². The number of carbonyl (C=O) groups excluding carboxylic acids is 1. The fraction of sp³-hybridized carbons (Fsp3) is 0.462. The van der Waals surface area contributed by atoms with Gasteiger partial charge >= 0.3 is 0 Å². The maximum Gasteiger partial charge on any atom is 0.237 e. The van der Waals surface area contributed by atoms with Crippen LogP contribution in [0.1, 0.15) is 24.8 Å². The fourth-order valence-corrected chi connectivity index (χ4v) is 2.02. The van der Waals surface area contributed by atoms with Gasteiger partial charge in [0.25, 0.3) is 0 Å². The van der Waals surface area contributed by atoms with E-state index in [2.05, 4.69) is 10.6 Å². The summed E-state index contributed by atoms with van der Waals surface area (Å²) >= 11 is 0. The molecule has 1 atom stereocenters. The zero-order valence-corrected chi connectivity index (χ0v) is 9.71. The molecule has 1 saturated heterocycles. The SMILES string of the molecule is O=C(NCc1ccccc1F)C1CCCCN1. The monoisotopic (exact) mass is 236 g/mol. The lowest BCUT2D eigenvalue weighted by Gasteiger charge is -2.22. The quantitative estimate of drug-likeness (QED) is 0.836. The van der Waals surface area contributed by atoms with E-state index in [1.807, 2.05) is 0 Å². The number of rotatable bonds is 3. The second-order valence-electron chi connectivity index (χ2n) is 4.31. The van der Waals surface area contributed by atoms with Crippen LogP contribution in [-0.2, 0) is 11.3 Å². The zero-order chi connectivity index (χ0) is 12.1. The molecule has 1 fully saturated rings. The van der Waals surface area contributed by atoms with E-state index in [1.54, 1.807) is 18.2 Å². The summed E-state index contributed by atoms with van der Waals surface area (Å²) in [5, 5.41) is 5.93. The number of hydrogen-bond donors (Lipinski definition) is 2.